The Balaban J connectivity index is 1.99. The summed E-state index contributed by atoms with van der Waals surface area (Å²) in [6, 6.07) is 4.93. The van der Waals surface area contributed by atoms with Gasteiger partial charge in [-0.3, -0.25) is 9.10 Å². The molecule has 0 unspecified atom stereocenters. The second kappa shape index (κ2) is 8.72. The Morgan fingerprint density at radius 2 is 2.08 bits per heavy atom. The molecule has 1 N–H and O–H groups in total. The lowest BCUT2D eigenvalue weighted by Gasteiger charge is -2.24. The summed E-state index contributed by atoms with van der Waals surface area (Å²) in [5.41, 5.74) is 2.55. The molecule has 25 heavy (non-hydrogen) atoms. The summed E-state index contributed by atoms with van der Waals surface area (Å²) in [7, 11) is -3.58. The number of amides is 1. The van der Waals surface area contributed by atoms with Gasteiger partial charge in [0.15, 0.2) is 0 Å². The molecule has 2 rings (SSSR count). The molecular weight excluding hydrogens is 360 g/mol. The van der Waals surface area contributed by atoms with Crippen molar-refractivity contribution in [1.82, 2.24) is 5.32 Å². The van der Waals surface area contributed by atoms with Gasteiger partial charge in [0.05, 0.1) is 11.9 Å². The minimum absolute atomic E-state index is 0.236. The molecule has 0 heterocycles. The average Bonchev–Trinajstić information content (AvgIpc) is 2.53. The molecule has 0 bridgehead atoms. The summed E-state index contributed by atoms with van der Waals surface area (Å²) < 4.78 is 25.4. The first-order valence-electron chi connectivity index (χ1n) is 8.46. The summed E-state index contributed by atoms with van der Waals surface area (Å²) in [6.07, 6.45) is 8.81. The molecule has 1 aliphatic carbocycles. The number of carbonyl (C=O) groups is 1. The summed E-state index contributed by atoms with van der Waals surface area (Å²) in [6.45, 7) is 2.06. The molecule has 0 radical (unpaired) electrons. The van der Waals surface area contributed by atoms with Crippen LogP contribution in [0.2, 0.25) is 5.02 Å². The first-order chi connectivity index (χ1) is 11.8. The summed E-state index contributed by atoms with van der Waals surface area (Å²) >= 11 is 5.93. The van der Waals surface area contributed by atoms with Gasteiger partial charge in [0, 0.05) is 11.6 Å². The third-order valence-corrected chi connectivity index (χ3v) is 5.63. The zero-order chi connectivity index (χ0) is 18.4. The smallest absolute Gasteiger partial charge is 0.240 e. The molecule has 1 aliphatic rings. The number of allylic oxidation sites excluding steroid dienone is 1. The van der Waals surface area contributed by atoms with Gasteiger partial charge in [0.1, 0.15) is 6.54 Å². The zero-order valence-electron chi connectivity index (χ0n) is 14.7. The lowest BCUT2D eigenvalue weighted by Crippen LogP contribution is -2.41. The fourth-order valence-corrected chi connectivity index (χ4v) is 4.10. The van der Waals surface area contributed by atoms with Gasteiger partial charge in [-0.25, -0.2) is 8.42 Å². The Labute approximate surface area is 155 Å². The van der Waals surface area contributed by atoms with Gasteiger partial charge in [-0.2, -0.15) is 0 Å². The number of nitrogens with zero attached hydrogens (tertiary/aromatic N) is 1. The van der Waals surface area contributed by atoms with Gasteiger partial charge < -0.3 is 5.32 Å². The number of hydrogen-bond donors (Lipinski definition) is 1. The molecule has 0 aliphatic heterocycles. The van der Waals surface area contributed by atoms with Crippen LogP contribution in [0.4, 0.5) is 5.69 Å². The SMILES string of the molecule is Cc1cc(Cl)ccc1N(CC(=O)NCCC1=CCCCC1)S(C)(=O)=O. The molecule has 0 spiro atoms. The van der Waals surface area contributed by atoms with E-state index in [9.17, 15) is 13.2 Å². The maximum atomic E-state index is 12.2. The van der Waals surface area contributed by atoms with Crippen LogP contribution in [0.1, 0.15) is 37.7 Å². The van der Waals surface area contributed by atoms with Crippen LogP contribution < -0.4 is 9.62 Å². The topological polar surface area (TPSA) is 66.5 Å². The molecule has 0 atom stereocenters. The van der Waals surface area contributed by atoms with E-state index in [-0.39, 0.29) is 12.5 Å². The third kappa shape index (κ3) is 6.04. The fourth-order valence-electron chi connectivity index (χ4n) is 2.96. The van der Waals surface area contributed by atoms with Crippen LogP contribution >= 0.6 is 11.6 Å². The maximum absolute atomic E-state index is 12.2. The summed E-state index contributed by atoms with van der Waals surface area (Å²) in [5.74, 6) is -0.309. The Hall–Kier alpha value is -1.53. The van der Waals surface area contributed by atoms with Gasteiger partial charge in [-0.15, -0.1) is 0 Å². The molecule has 7 heteroatoms. The quantitative estimate of drug-likeness (QED) is 0.732. The molecular formula is C18H25ClN2O3S. The van der Waals surface area contributed by atoms with E-state index in [1.54, 1.807) is 25.1 Å². The van der Waals surface area contributed by atoms with E-state index in [1.807, 2.05) is 0 Å². The van der Waals surface area contributed by atoms with Crippen molar-refractivity contribution in [2.24, 2.45) is 0 Å². The molecule has 0 saturated carbocycles. The Morgan fingerprint density at radius 3 is 2.68 bits per heavy atom. The van der Waals surface area contributed by atoms with Crippen LogP contribution in [-0.2, 0) is 14.8 Å². The Bertz CT molecular complexity index is 760. The number of rotatable bonds is 7. The molecule has 138 valence electrons. The van der Waals surface area contributed by atoms with E-state index in [0.717, 1.165) is 29.8 Å². The van der Waals surface area contributed by atoms with Crippen molar-refractivity contribution in [2.75, 3.05) is 23.7 Å². The minimum Gasteiger partial charge on any atom is -0.354 e. The first kappa shape index (κ1) is 19.8. The number of halogens is 1. The van der Waals surface area contributed by atoms with Crippen LogP contribution in [0.5, 0.6) is 0 Å². The fraction of sp³-hybridized carbons (Fsp3) is 0.500. The summed E-state index contributed by atoms with van der Waals surface area (Å²) in [4.78, 5) is 12.2. The van der Waals surface area contributed by atoms with Gasteiger partial charge in [-0.05, 0) is 62.8 Å². The van der Waals surface area contributed by atoms with Gasteiger partial charge in [-0.1, -0.05) is 23.3 Å². The molecule has 1 aromatic rings. The highest BCUT2D eigenvalue weighted by atomic mass is 35.5. The van der Waals surface area contributed by atoms with E-state index in [2.05, 4.69) is 11.4 Å². The van der Waals surface area contributed by atoms with E-state index in [0.29, 0.717) is 22.8 Å². The van der Waals surface area contributed by atoms with Crippen molar-refractivity contribution in [3.05, 3.63) is 40.4 Å². The number of sulfonamides is 1. The van der Waals surface area contributed by atoms with Gasteiger partial charge in [0.25, 0.3) is 0 Å². The molecule has 0 saturated heterocycles. The van der Waals surface area contributed by atoms with Crippen LogP contribution in [0, 0.1) is 6.92 Å². The number of aryl methyl sites for hydroxylation is 1. The second-order valence-electron chi connectivity index (χ2n) is 6.41. The summed E-state index contributed by atoms with van der Waals surface area (Å²) in [5, 5.41) is 3.35. The third-order valence-electron chi connectivity index (χ3n) is 4.27. The Morgan fingerprint density at radius 1 is 1.32 bits per heavy atom. The lowest BCUT2D eigenvalue weighted by atomic mass is 9.97. The Kier molecular flexibility index (Phi) is 6.90. The molecule has 1 aromatic carbocycles. The highest BCUT2D eigenvalue weighted by Gasteiger charge is 2.22. The first-order valence-corrected chi connectivity index (χ1v) is 10.7. The van der Waals surface area contributed by atoms with Crippen molar-refractivity contribution in [3.8, 4) is 0 Å². The van der Waals surface area contributed by atoms with Gasteiger partial charge in [0.2, 0.25) is 15.9 Å². The number of carbonyl (C=O) groups excluding carboxylic acids is 1. The van der Waals surface area contributed by atoms with Gasteiger partial charge >= 0.3 is 0 Å². The molecule has 5 nitrogen and oxygen atoms in total. The zero-order valence-corrected chi connectivity index (χ0v) is 16.3. The van der Waals surface area contributed by atoms with Crippen LogP contribution in [0.3, 0.4) is 0 Å². The number of anilines is 1. The molecule has 0 aromatic heterocycles. The van der Waals surface area contributed by atoms with E-state index >= 15 is 0 Å². The minimum atomic E-state index is -3.58. The van der Waals surface area contributed by atoms with Crippen molar-refractivity contribution in [2.45, 2.75) is 39.0 Å². The van der Waals surface area contributed by atoms with E-state index < -0.39 is 10.0 Å². The predicted molar refractivity (Wildman–Crippen MR) is 103 cm³/mol. The van der Waals surface area contributed by atoms with E-state index in [1.165, 1.54) is 18.4 Å². The highest BCUT2D eigenvalue weighted by molar-refractivity contribution is 7.92. The van der Waals surface area contributed by atoms with Crippen molar-refractivity contribution in [1.29, 1.82) is 0 Å². The number of hydrogen-bond acceptors (Lipinski definition) is 3. The van der Waals surface area contributed by atoms with E-state index in [4.69, 9.17) is 11.6 Å². The number of nitrogens with one attached hydrogen (secondary N) is 1. The van der Waals surface area contributed by atoms with Crippen molar-refractivity contribution < 1.29 is 13.2 Å². The lowest BCUT2D eigenvalue weighted by molar-refractivity contribution is -0.119. The normalized spacial score (nSPS) is 14.8. The standard InChI is InChI=1S/C18H25ClN2O3S/c1-14-12-16(19)8-9-17(14)21(25(2,23)24)13-18(22)20-11-10-15-6-4-3-5-7-15/h6,8-9,12H,3-5,7,10-11,13H2,1-2H3,(H,20,22). The maximum Gasteiger partial charge on any atom is 0.240 e. The van der Waals surface area contributed by atoms with Crippen LogP contribution in [0.25, 0.3) is 0 Å². The van der Waals surface area contributed by atoms with Crippen LogP contribution in [-0.4, -0.2) is 33.7 Å². The van der Waals surface area contributed by atoms with Crippen molar-refractivity contribution >= 4 is 33.2 Å². The molecule has 1 amide bonds. The monoisotopic (exact) mass is 384 g/mol. The second-order valence-corrected chi connectivity index (χ2v) is 8.75. The molecule has 0 fully saturated rings. The number of benzene rings is 1. The predicted octanol–water partition coefficient (Wildman–Crippen LogP) is 3.42. The average molecular weight is 385 g/mol. The van der Waals surface area contributed by atoms with Crippen LogP contribution in [0.15, 0.2) is 29.8 Å². The van der Waals surface area contributed by atoms with Crippen molar-refractivity contribution in [3.63, 3.8) is 0 Å². The highest BCUT2D eigenvalue weighted by Crippen LogP contribution is 2.25. The largest absolute Gasteiger partial charge is 0.354 e.